The largest absolute Gasteiger partial charge is 0.798 e. The van der Waals surface area contributed by atoms with Crippen LogP contribution in [-0.2, 0) is 9.39 Å². The van der Waals surface area contributed by atoms with E-state index in [9.17, 15) is 35.8 Å². The molecule has 1 aromatic rings. The van der Waals surface area contributed by atoms with E-state index in [-0.39, 0.29) is 0 Å². The van der Waals surface area contributed by atoms with Gasteiger partial charge in [-0.1, -0.05) is 0 Å². The van der Waals surface area contributed by atoms with Crippen molar-refractivity contribution < 1.29 is 45.2 Å². The summed E-state index contributed by atoms with van der Waals surface area (Å²) in [5, 5.41) is 0. The van der Waals surface area contributed by atoms with Gasteiger partial charge in [-0.2, -0.15) is 0 Å². The summed E-state index contributed by atoms with van der Waals surface area (Å²) in [6.07, 6.45) is 0. The van der Waals surface area contributed by atoms with Gasteiger partial charge in [0, 0.05) is 0 Å². The predicted octanol–water partition coefficient (Wildman–Crippen LogP) is 2.11. The molecule has 11 heteroatoms. The third-order valence-electron chi connectivity index (χ3n) is 2.06. The Morgan fingerprint density at radius 1 is 0.850 bits per heavy atom. The number of methoxy groups -OCH3 is 1. The van der Waals surface area contributed by atoms with E-state index < -0.39 is 53.8 Å². The lowest BCUT2D eigenvalue weighted by molar-refractivity contribution is 0.0571. The van der Waals surface area contributed by atoms with E-state index in [2.05, 4.69) is 9.39 Å². The van der Waals surface area contributed by atoms with E-state index in [1.54, 1.807) is 0 Å². The summed E-state index contributed by atoms with van der Waals surface area (Å²) in [5.41, 5.74) is -3.51. The number of carbonyl (C=O) groups excluding carboxylic acids is 2. The van der Waals surface area contributed by atoms with Crippen LogP contribution in [0.2, 0.25) is 0 Å². The van der Waals surface area contributed by atoms with Gasteiger partial charge in [-0.05, 0) is 0 Å². The van der Waals surface area contributed by atoms with Crippen LogP contribution in [0.3, 0.4) is 0 Å². The number of carbonyl (C=O) groups is 2. The molecular formula is C9H3BF6O4. The highest BCUT2D eigenvalue weighted by Crippen LogP contribution is 2.26. The number of hydrogen-bond donors (Lipinski definition) is 0. The van der Waals surface area contributed by atoms with Crippen LogP contribution >= 0.6 is 0 Å². The Kier molecular flexibility index (Phi) is 4.63. The maximum Gasteiger partial charge on any atom is 0.798 e. The van der Waals surface area contributed by atoms with Crippen molar-refractivity contribution in [2.45, 2.75) is 0 Å². The van der Waals surface area contributed by atoms with Crippen LogP contribution in [0.15, 0.2) is 0 Å². The monoisotopic (exact) mass is 300 g/mol. The molecule has 1 aromatic carbocycles. The minimum atomic E-state index is -3.75. The van der Waals surface area contributed by atoms with E-state index in [4.69, 9.17) is 0 Å². The highest BCUT2D eigenvalue weighted by molar-refractivity contribution is 6.38. The zero-order valence-corrected chi connectivity index (χ0v) is 9.48. The maximum atomic E-state index is 13.4. The third-order valence-corrected chi connectivity index (χ3v) is 2.06. The van der Waals surface area contributed by atoms with Crippen LogP contribution in [0.1, 0.15) is 20.7 Å². The number of halogens is 6. The molecule has 0 unspecified atom stereocenters. The summed E-state index contributed by atoms with van der Waals surface area (Å²) in [7, 11) is -3.09. The molecule has 0 aliphatic carbocycles. The molecule has 0 N–H and O–H groups in total. The minimum Gasteiger partial charge on any atom is -0.474 e. The lowest BCUT2D eigenvalue weighted by atomic mass is 10.0. The Balaban J connectivity index is 3.63. The topological polar surface area (TPSA) is 52.6 Å². The average molecular weight is 300 g/mol. The molecule has 108 valence electrons. The van der Waals surface area contributed by atoms with E-state index in [0.717, 1.165) is 0 Å². The SMILES string of the molecule is COC(=O)c1c(F)c(F)c(F)c(F)c1C(=O)OB(F)F. The van der Waals surface area contributed by atoms with Crippen molar-refractivity contribution in [2.75, 3.05) is 7.11 Å². The molecule has 0 aliphatic rings. The first-order chi connectivity index (χ1) is 9.22. The summed E-state index contributed by atoms with van der Waals surface area (Å²) in [6, 6.07) is 0. The fraction of sp³-hybridized carbons (Fsp3) is 0.111. The van der Waals surface area contributed by atoms with Crippen molar-refractivity contribution >= 4 is 19.4 Å². The van der Waals surface area contributed by atoms with Crippen LogP contribution < -0.4 is 0 Å². The van der Waals surface area contributed by atoms with Gasteiger partial charge < -0.3 is 9.39 Å². The van der Waals surface area contributed by atoms with Crippen LogP contribution in [0.25, 0.3) is 0 Å². The Labute approximate surface area is 107 Å². The standard InChI is InChI=1S/C9H3BF6O4/c1-19-8(17)2-3(9(18)20-10(15)16)5(12)7(14)6(13)4(2)11/h1H3. The van der Waals surface area contributed by atoms with Crippen LogP contribution in [0, 0.1) is 23.3 Å². The van der Waals surface area contributed by atoms with Gasteiger partial charge in [-0.25, -0.2) is 35.8 Å². The van der Waals surface area contributed by atoms with E-state index in [1.165, 1.54) is 0 Å². The summed E-state index contributed by atoms with van der Waals surface area (Å²) in [6.45, 7) is 0. The van der Waals surface area contributed by atoms with Gasteiger partial charge in [0.05, 0.1) is 7.11 Å². The fourth-order valence-corrected chi connectivity index (χ4v) is 1.26. The third kappa shape index (κ3) is 2.70. The van der Waals surface area contributed by atoms with Crippen molar-refractivity contribution in [3.05, 3.63) is 34.4 Å². The normalized spacial score (nSPS) is 10.2. The van der Waals surface area contributed by atoms with Crippen molar-refractivity contribution in [3.63, 3.8) is 0 Å². The first-order valence-electron chi connectivity index (χ1n) is 4.65. The quantitative estimate of drug-likeness (QED) is 0.282. The highest BCUT2D eigenvalue weighted by Gasteiger charge is 2.36. The van der Waals surface area contributed by atoms with Crippen molar-refractivity contribution in [1.82, 2.24) is 0 Å². The second kappa shape index (κ2) is 5.84. The van der Waals surface area contributed by atoms with Gasteiger partial charge in [0.2, 0.25) is 0 Å². The number of hydrogen-bond acceptors (Lipinski definition) is 4. The molecule has 0 saturated heterocycles. The molecule has 0 spiro atoms. The molecule has 0 bridgehead atoms. The molecule has 0 aliphatic heterocycles. The molecule has 4 nitrogen and oxygen atoms in total. The van der Waals surface area contributed by atoms with E-state index in [1.807, 2.05) is 0 Å². The van der Waals surface area contributed by atoms with Gasteiger partial charge in [0.25, 0.3) is 0 Å². The summed E-state index contributed by atoms with van der Waals surface area (Å²) in [4.78, 5) is 22.3. The summed E-state index contributed by atoms with van der Waals surface area (Å²) < 4.78 is 83.5. The van der Waals surface area contributed by atoms with E-state index in [0.29, 0.717) is 7.11 Å². The zero-order valence-electron chi connectivity index (χ0n) is 9.48. The second-order valence-electron chi connectivity index (χ2n) is 3.16. The average Bonchev–Trinajstić information content (AvgIpc) is 2.38. The van der Waals surface area contributed by atoms with Gasteiger partial charge in [0.15, 0.2) is 23.3 Å². The minimum absolute atomic E-state index is 0.656. The molecule has 0 saturated carbocycles. The molecule has 20 heavy (non-hydrogen) atoms. The summed E-state index contributed by atoms with van der Waals surface area (Å²) >= 11 is 0. The van der Waals surface area contributed by atoms with Crippen LogP contribution in [0.5, 0.6) is 0 Å². The smallest absolute Gasteiger partial charge is 0.474 e. The van der Waals surface area contributed by atoms with Gasteiger partial charge in [-0.3, -0.25) is 0 Å². The molecule has 1 rings (SSSR count). The number of esters is 1. The van der Waals surface area contributed by atoms with Crippen molar-refractivity contribution in [3.8, 4) is 0 Å². The molecular weight excluding hydrogens is 297 g/mol. The van der Waals surface area contributed by atoms with Crippen molar-refractivity contribution in [2.24, 2.45) is 0 Å². The molecule has 0 aromatic heterocycles. The molecule has 0 fully saturated rings. The van der Waals surface area contributed by atoms with Gasteiger partial charge in [-0.15, -0.1) is 0 Å². The first kappa shape index (κ1) is 15.9. The lowest BCUT2D eigenvalue weighted by Crippen LogP contribution is -2.22. The lowest BCUT2D eigenvalue weighted by Gasteiger charge is -2.10. The number of benzene rings is 1. The first-order valence-corrected chi connectivity index (χ1v) is 4.65. The Hall–Kier alpha value is -2.20. The zero-order chi connectivity index (χ0) is 15.6. The van der Waals surface area contributed by atoms with E-state index >= 15 is 0 Å². The van der Waals surface area contributed by atoms with Crippen molar-refractivity contribution in [1.29, 1.82) is 0 Å². The van der Waals surface area contributed by atoms with Gasteiger partial charge >= 0.3 is 19.4 Å². The Bertz CT molecular complexity index is 576. The Morgan fingerprint density at radius 3 is 1.60 bits per heavy atom. The molecule has 0 radical (unpaired) electrons. The Morgan fingerprint density at radius 2 is 1.25 bits per heavy atom. The maximum absolute atomic E-state index is 13.4. The molecule has 0 heterocycles. The highest BCUT2D eigenvalue weighted by atomic mass is 19.2. The molecule has 0 atom stereocenters. The number of ether oxygens (including phenoxy) is 1. The predicted molar refractivity (Wildman–Crippen MR) is 51.0 cm³/mol. The van der Waals surface area contributed by atoms with Gasteiger partial charge in [0.1, 0.15) is 11.1 Å². The number of rotatable bonds is 3. The second-order valence-corrected chi connectivity index (χ2v) is 3.16. The fourth-order valence-electron chi connectivity index (χ4n) is 1.26. The molecule has 0 amide bonds. The van der Waals surface area contributed by atoms with Crippen LogP contribution in [0.4, 0.5) is 26.2 Å². The summed E-state index contributed by atoms with van der Waals surface area (Å²) in [5.74, 6) is -13.5. The van der Waals surface area contributed by atoms with Crippen LogP contribution in [-0.4, -0.2) is 26.5 Å².